The fourth-order valence-corrected chi connectivity index (χ4v) is 14.2. The molecule has 21 heteroatoms. The molecular weight excluding hydrogens is 1130 g/mol. The third-order valence-electron chi connectivity index (χ3n) is 14.8. The van der Waals surface area contributed by atoms with E-state index in [4.69, 9.17) is 61.5 Å². The minimum Gasteiger partial charge on any atom is -0.477 e. The first-order valence-electron chi connectivity index (χ1n) is 26.0. The van der Waals surface area contributed by atoms with E-state index in [1.807, 2.05) is 111 Å². The van der Waals surface area contributed by atoms with Gasteiger partial charge in [-0.05, 0) is 126 Å². The number of carbonyl (C=O) groups excluding carboxylic acids is 3. The van der Waals surface area contributed by atoms with Crippen molar-refractivity contribution in [1.82, 2.24) is 29.8 Å². The summed E-state index contributed by atoms with van der Waals surface area (Å²) in [6, 6.07) is 29.5. The number of fused-ring (bicyclic) bond motifs is 2. The van der Waals surface area contributed by atoms with Crippen LogP contribution < -0.4 is 5.32 Å². The number of nitrogens with one attached hydrogen (secondary N) is 1. The van der Waals surface area contributed by atoms with E-state index in [9.17, 15) is 29.4 Å². The Labute approximate surface area is 490 Å². The van der Waals surface area contributed by atoms with Crippen LogP contribution in [0.3, 0.4) is 0 Å². The van der Waals surface area contributed by atoms with Crippen LogP contribution in [-0.4, -0.2) is 139 Å². The van der Waals surface area contributed by atoms with Crippen molar-refractivity contribution >= 4 is 104 Å². The number of carboxylic acids is 1. The van der Waals surface area contributed by atoms with Crippen LogP contribution in [-0.2, 0) is 30.3 Å². The Balaban J connectivity index is 0.000000179. The van der Waals surface area contributed by atoms with Gasteiger partial charge in [0.25, 0.3) is 5.91 Å². The van der Waals surface area contributed by atoms with Gasteiger partial charge in [-0.1, -0.05) is 123 Å². The van der Waals surface area contributed by atoms with Crippen LogP contribution in [0.1, 0.15) is 88.7 Å². The van der Waals surface area contributed by atoms with Crippen molar-refractivity contribution in [2.24, 2.45) is 21.8 Å². The standard InChI is InChI=1S/C29H32Cl2N4O3S.C22H20Cl2N2O2S.C7H14N2O2/c1-16(2)23-24(27(38)34-15-21(36)14-22(34)26(37)33(4)5)39-28-32-29(3,18-8-12-20(31)13-9-18)25(35(23)28)17-6-10-19(30)11-7-17;1-12(2)17-18(20(27)28)29-21-25-22(3,14-6-10-16(24)11-7-14)19(26(17)21)13-4-8-15(23)9-5-13;1-9(2)7(11)6-3-5(10)4-8-6/h6-13,16,21-22,25,36H,14-15H2,1-5H3;4-12,19H,1-3H3,(H,27,28);5-6,8,10H,3-4H2,1-2H3/t21-,22-,25+,29-;19-,22+;5-,6-/m010/s1. The number of nitrogens with zero attached hydrogens (tertiary/aromatic N) is 7. The number of likely N-dealkylation sites (N-methyl/N-ethyl adjacent to an activating group) is 2. The van der Waals surface area contributed by atoms with Gasteiger partial charge in [0.15, 0.2) is 10.3 Å². The molecule has 0 bridgehead atoms. The number of aliphatic carboxylic acids is 1. The van der Waals surface area contributed by atoms with Gasteiger partial charge < -0.3 is 45.1 Å². The monoisotopic (exact) mass is 1190 g/mol. The molecule has 15 nitrogen and oxygen atoms in total. The third-order valence-corrected chi connectivity index (χ3v) is 18.0. The normalized spacial score (nSPS) is 25.9. The second-order valence-electron chi connectivity index (χ2n) is 21.7. The molecule has 0 spiro atoms. The number of amides is 3. The summed E-state index contributed by atoms with van der Waals surface area (Å²) in [5, 5.41) is 36.3. The molecule has 6 aliphatic rings. The summed E-state index contributed by atoms with van der Waals surface area (Å²) < 4.78 is 0. The number of allylic oxidation sites excluding steroid dienone is 2. The maximum absolute atomic E-state index is 14.1. The van der Waals surface area contributed by atoms with E-state index >= 15 is 0 Å². The molecule has 4 aromatic rings. The number of aliphatic hydroxyl groups excluding tert-OH is 2. The molecule has 3 amide bonds. The van der Waals surface area contributed by atoms with Gasteiger partial charge in [0, 0.05) is 79.2 Å². The van der Waals surface area contributed by atoms with E-state index in [1.165, 1.54) is 38.2 Å². The fraction of sp³-hybridized carbons (Fsp3) is 0.414. The zero-order valence-electron chi connectivity index (χ0n) is 45.6. The van der Waals surface area contributed by atoms with Crippen LogP contribution in [0.4, 0.5) is 0 Å². The lowest BCUT2D eigenvalue weighted by molar-refractivity contribution is -0.140. The van der Waals surface area contributed by atoms with Gasteiger partial charge in [-0.2, -0.15) is 0 Å². The number of amidine groups is 2. The Morgan fingerprint density at radius 1 is 0.608 bits per heavy atom. The lowest BCUT2D eigenvalue weighted by atomic mass is 9.81. The lowest BCUT2D eigenvalue weighted by Crippen LogP contribution is -2.46. The minimum absolute atomic E-state index is 0.0120. The smallest absolute Gasteiger partial charge is 0.344 e. The number of carbonyl (C=O) groups is 4. The predicted molar refractivity (Wildman–Crippen MR) is 317 cm³/mol. The highest BCUT2D eigenvalue weighted by molar-refractivity contribution is 8.18. The van der Waals surface area contributed by atoms with E-state index in [2.05, 4.69) is 42.8 Å². The number of aliphatic hydroxyl groups is 2. The zero-order valence-corrected chi connectivity index (χ0v) is 50.3. The number of halogens is 4. The maximum atomic E-state index is 14.1. The molecule has 4 aromatic carbocycles. The number of benzene rings is 4. The number of thioether (sulfide) groups is 2. The molecule has 10 rings (SSSR count). The lowest BCUT2D eigenvalue weighted by Gasteiger charge is -2.37. The summed E-state index contributed by atoms with van der Waals surface area (Å²) in [4.78, 5) is 70.1. The van der Waals surface area contributed by atoms with Crippen LogP contribution in [0.5, 0.6) is 0 Å². The van der Waals surface area contributed by atoms with Crippen molar-refractivity contribution in [3.8, 4) is 0 Å². The van der Waals surface area contributed by atoms with Gasteiger partial charge in [0.05, 0.1) is 30.3 Å². The molecule has 0 aliphatic carbocycles. The summed E-state index contributed by atoms with van der Waals surface area (Å²) in [5.74, 6) is -1.30. The predicted octanol–water partition coefficient (Wildman–Crippen LogP) is 10.4. The molecule has 2 saturated heterocycles. The topological polar surface area (TPSA) is 182 Å². The van der Waals surface area contributed by atoms with E-state index in [0.717, 1.165) is 38.8 Å². The van der Waals surface area contributed by atoms with E-state index < -0.39 is 29.2 Å². The van der Waals surface area contributed by atoms with Gasteiger partial charge >= 0.3 is 5.97 Å². The quantitative estimate of drug-likeness (QED) is 0.118. The number of β-amino-alcohol motifs (C(OH)–C–C–N with tert-alkyl or cyclic N) is 2. The molecular formula is C58H66Cl4N8O7S2. The maximum Gasteiger partial charge on any atom is 0.344 e. The van der Waals surface area contributed by atoms with Crippen molar-refractivity contribution in [2.75, 3.05) is 41.3 Å². The van der Waals surface area contributed by atoms with Crippen LogP contribution in [0.25, 0.3) is 0 Å². The first kappa shape index (κ1) is 60.0. The van der Waals surface area contributed by atoms with E-state index in [-0.39, 0.29) is 66.8 Å². The van der Waals surface area contributed by atoms with Crippen molar-refractivity contribution < 1.29 is 34.5 Å². The summed E-state index contributed by atoms with van der Waals surface area (Å²) in [7, 11) is 6.76. The highest BCUT2D eigenvalue weighted by atomic mass is 35.5. The van der Waals surface area contributed by atoms with Gasteiger partial charge in [-0.25, -0.2) is 14.8 Å². The molecule has 0 radical (unpaired) electrons. The average molecular weight is 1190 g/mol. The fourth-order valence-electron chi connectivity index (χ4n) is 11.0. The Hall–Kier alpha value is -5.08. The number of rotatable bonds is 10. The molecule has 2 fully saturated rings. The van der Waals surface area contributed by atoms with Gasteiger partial charge in [-0.15, -0.1) is 0 Å². The van der Waals surface area contributed by atoms with Crippen molar-refractivity contribution in [1.29, 1.82) is 0 Å². The molecule has 0 saturated carbocycles. The van der Waals surface area contributed by atoms with Crippen LogP contribution >= 0.6 is 69.9 Å². The summed E-state index contributed by atoms with van der Waals surface area (Å²) in [6.07, 6.45) is -0.338. The first-order chi connectivity index (χ1) is 37.2. The van der Waals surface area contributed by atoms with Crippen molar-refractivity contribution in [3.05, 3.63) is 161 Å². The molecule has 79 heavy (non-hydrogen) atoms. The number of carboxylic acid groups (broad SMARTS) is 1. The van der Waals surface area contributed by atoms with Crippen LogP contribution in [0.2, 0.25) is 20.1 Å². The molecule has 6 aliphatic heterocycles. The molecule has 8 atom stereocenters. The highest BCUT2D eigenvalue weighted by Crippen LogP contribution is 2.58. The number of hydrogen-bond acceptors (Lipinski definition) is 13. The molecule has 6 heterocycles. The average Bonchev–Trinajstić information content (AvgIpc) is 4.22. The molecule has 0 unspecified atom stereocenters. The summed E-state index contributed by atoms with van der Waals surface area (Å²) >= 11 is 27.3. The van der Waals surface area contributed by atoms with E-state index in [0.29, 0.717) is 48.0 Å². The number of likely N-dealkylation sites (tertiary alicyclic amines) is 1. The summed E-state index contributed by atoms with van der Waals surface area (Å²) in [5.41, 5.74) is 4.44. The van der Waals surface area contributed by atoms with Gasteiger partial charge in [-0.3, -0.25) is 14.4 Å². The molecule has 420 valence electrons. The summed E-state index contributed by atoms with van der Waals surface area (Å²) in [6.45, 7) is 13.0. The second kappa shape index (κ2) is 24.2. The Bertz CT molecular complexity index is 3100. The Morgan fingerprint density at radius 3 is 1.37 bits per heavy atom. The van der Waals surface area contributed by atoms with Crippen LogP contribution in [0, 0.1) is 11.8 Å². The third kappa shape index (κ3) is 12.1. The van der Waals surface area contributed by atoms with E-state index in [1.54, 1.807) is 28.2 Å². The number of aliphatic imine (C=N–C) groups is 2. The van der Waals surface area contributed by atoms with Gasteiger partial charge in [0.2, 0.25) is 11.8 Å². The number of hydrogen-bond donors (Lipinski definition) is 4. The second-order valence-corrected chi connectivity index (χ2v) is 25.4. The Morgan fingerprint density at radius 2 is 1.00 bits per heavy atom. The van der Waals surface area contributed by atoms with Gasteiger partial charge in [0.1, 0.15) is 26.9 Å². The zero-order chi connectivity index (χ0) is 57.6. The largest absolute Gasteiger partial charge is 0.477 e. The SMILES string of the molecule is CC(C)C1=C(C(=O)N2C[C@@H](O)C[C@H]2C(=O)N(C)C)SC2=N[C@@](C)(c3ccc(Cl)cc3)[C@@H](c3ccc(Cl)cc3)N21.CC(C)C1=C(C(=O)O)SC2=N[C@@](C)(c3ccc(Cl)cc3)[C@@H](c3ccc(Cl)cc3)N21.CN(C)C(=O)[C@@H]1C[C@H](O)CN1. The highest BCUT2D eigenvalue weighted by Gasteiger charge is 2.55. The molecule has 4 N–H and O–H groups in total. The van der Waals surface area contributed by atoms with Crippen molar-refractivity contribution in [3.63, 3.8) is 0 Å². The minimum atomic E-state index is -0.918. The van der Waals surface area contributed by atoms with Crippen molar-refractivity contribution in [2.45, 2.75) is 102 Å². The molecule has 0 aromatic heterocycles. The van der Waals surface area contributed by atoms with Crippen LogP contribution in [0.15, 0.2) is 128 Å². The Kier molecular flexibility index (Phi) is 18.4. The first-order valence-corrected chi connectivity index (χ1v) is 29.1.